The van der Waals surface area contributed by atoms with Crippen molar-refractivity contribution in [3.05, 3.63) is 11.5 Å². The molecule has 168 valence electrons. The van der Waals surface area contributed by atoms with Gasteiger partial charge in [-0.05, 0) is 44.2 Å². The standard InChI is InChI=1S/C21H34ClN5O3/c1-20(2,3)16(24-19(28)30-21(4,5)6)7-8-26-12-14-13-29-10-9-27(14)17-15(26)11-23-18(22)25-17/h11,14,16H,7-10,12-13H2,1-6H3,(H,24,28)/t14-,16?/m1/s1. The van der Waals surface area contributed by atoms with Crippen LogP contribution in [0.15, 0.2) is 6.20 Å². The van der Waals surface area contributed by atoms with E-state index in [1.807, 2.05) is 20.8 Å². The van der Waals surface area contributed by atoms with Gasteiger partial charge in [0.15, 0.2) is 5.82 Å². The molecule has 8 nitrogen and oxygen atoms in total. The van der Waals surface area contributed by atoms with Crippen LogP contribution < -0.4 is 15.1 Å². The number of carbonyl (C=O) groups is 1. The lowest BCUT2D eigenvalue weighted by Gasteiger charge is -2.46. The van der Waals surface area contributed by atoms with Gasteiger partial charge in [0.1, 0.15) is 5.60 Å². The zero-order valence-electron chi connectivity index (χ0n) is 18.9. The van der Waals surface area contributed by atoms with E-state index in [2.05, 4.69) is 45.9 Å². The fourth-order valence-electron chi connectivity index (χ4n) is 3.89. The molecule has 1 fully saturated rings. The van der Waals surface area contributed by atoms with E-state index in [1.165, 1.54) is 0 Å². The normalized spacial score (nSPS) is 20.3. The number of nitrogens with one attached hydrogen (secondary N) is 1. The molecule has 0 aromatic carbocycles. The number of halogens is 1. The van der Waals surface area contributed by atoms with Gasteiger partial charge < -0.3 is 24.6 Å². The van der Waals surface area contributed by atoms with Gasteiger partial charge in [-0.25, -0.2) is 9.78 Å². The molecule has 0 aliphatic carbocycles. The van der Waals surface area contributed by atoms with E-state index in [-0.39, 0.29) is 28.9 Å². The van der Waals surface area contributed by atoms with Gasteiger partial charge in [-0.15, -0.1) is 0 Å². The van der Waals surface area contributed by atoms with Gasteiger partial charge in [0.25, 0.3) is 0 Å². The minimum absolute atomic E-state index is 0.0512. The van der Waals surface area contributed by atoms with Crippen LogP contribution in [0.5, 0.6) is 0 Å². The van der Waals surface area contributed by atoms with Crippen LogP contribution in [0.4, 0.5) is 16.3 Å². The number of hydrogen-bond donors (Lipinski definition) is 1. The molecule has 1 amide bonds. The van der Waals surface area contributed by atoms with E-state index >= 15 is 0 Å². The first-order valence-corrected chi connectivity index (χ1v) is 10.9. The average molecular weight is 440 g/mol. The van der Waals surface area contributed by atoms with Crippen molar-refractivity contribution in [2.45, 2.75) is 65.6 Å². The van der Waals surface area contributed by atoms with Crippen molar-refractivity contribution in [3.8, 4) is 0 Å². The maximum absolute atomic E-state index is 12.4. The van der Waals surface area contributed by atoms with Crippen LogP contribution in [0.1, 0.15) is 48.0 Å². The summed E-state index contributed by atoms with van der Waals surface area (Å²) in [4.78, 5) is 25.6. The topological polar surface area (TPSA) is 79.8 Å². The molecule has 2 atom stereocenters. The van der Waals surface area contributed by atoms with Gasteiger partial charge in [0.05, 0.1) is 31.1 Å². The van der Waals surface area contributed by atoms with Crippen molar-refractivity contribution in [2.24, 2.45) is 5.41 Å². The fraction of sp³-hybridized carbons (Fsp3) is 0.762. The van der Waals surface area contributed by atoms with E-state index in [0.29, 0.717) is 13.2 Å². The number of fused-ring (bicyclic) bond motifs is 3. The van der Waals surface area contributed by atoms with Gasteiger partial charge >= 0.3 is 6.09 Å². The Hall–Kier alpha value is -1.80. The summed E-state index contributed by atoms with van der Waals surface area (Å²) in [6, 6.07) is 0.175. The Morgan fingerprint density at radius 2 is 2.10 bits per heavy atom. The highest BCUT2D eigenvalue weighted by molar-refractivity contribution is 6.28. The molecular weight excluding hydrogens is 406 g/mol. The Bertz CT molecular complexity index is 762. The van der Waals surface area contributed by atoms with E-state index in [4.69, 9.17) is 21.1 Å². The molecule has 1 N–H and O–H groups in total. The first kappa shape index (κ1) is 22.9. The van der Waals surface area contributed by atoms with Crippen LogP contribution in [0.2, 0.25) is 5.28 Å². The van der Waals surface area contributed by atoms with Crippen LogP contribution >= 0.6 is 11.6 Å². The summed E-state index contributed by atoms with van der Waals surface area (Å²) in [6.45, 7) is 15.7. The Kier molecular flexibility index (Phi) is 6.67. The first-order valence-electron chi connectivity index (χ1n) is 10.6. The highest BCUT2D eigenvalue weighted by Gasteiger charge is 2.36. The minimum atomic E-state index is -0.528. The Morgan fingerprint density at radius 3 is 2.77 bits per heavy atom. The second-order valence-electron chi connectivity index (χ2n) is 10.1. The molecule has 1 aromatic heterocycles. The van der Waals surface area contributed by atoms with Crippen molar-refractivity contribution < 1.29 is 14.3 Å². The number of ether oxygens (including phenoxy) is 2. The van der Waals surface area contributed by atoms with Crippen molar-refractivity contribution in [1.82, 2.24) is 15.3 Å². The van der Waals surface area contributed by atoms with Crippen molar-refractivity contribution in [3.63, 3.8) is 0 Å². The first-order chi connectivity index (χ1) is 13.9. The van der Waals surface area contributed by atoms with Crippen LogP contribution in [-0.4, -0.2) is 66.6 Å². The highest BCUT2D eigenvalue weighted by Crippen LogP contribution is 2.35. The number of alkyl carbamates (subject to hydrolysis) is 1. The molecule has 2 aliphatic heterocycles. The molecule has 0 radical (unpaired) electrons. The lowest BCUT2D eigenvalue weighted by Crippen LogP contribution is -2.56. The van der Waals surface area contributed by atoms with Crippen molar-refractivity contribution in [1.29, 1.82) is 0 Å². The average Bonchev–Trinajstić information content (AvgIpc) is 2.62. The van der Waals surface area contributed by atoms with E-state index in [9.17, 15) is 4.79 Å². The SMILES string of the molecule is CC(C)(C)OC(=O)NC(CCN1C[C@@H]2COCCN2c2nc(Cl)ncc21)C(C)(C)C. The monoisotopic (exact) mass is 439 g/mol. The summed E-state index contributed by atoms with van der Waals surface area (Å²) < 4.78 is 11.2. The molecule has 3 heterocycles. The Balaban J connectivity index is 1.74. The second-order valence-corrected chi connectivity index (χ2v) is 10.4. The molecule has 30 heavy (non-hydrogen) atoms. The largest absolute Gasteiger partial charge is 0.444 e. The molecule has 0 spiro atoms. The van der Waals surface area contributed by atoms with Crippen LogP contribution in [0.25, 0.3) is 0 Å². The fourth-order valence-corrected chi connectivity index (χ4v) is 4.01. The number of hydrogen-bond acceptors (Lipinski definition) is 7. The number of rotatable bonds is 4. The third kappa shape index (κ3) is 5.66. The van der Waals surface area contributed by atoms with Crippen LogP contribution in [0.3, 0.4) is 0 Å². The molecular formula is C21H34ClN5O3. The zero-order valence-corrected chi connectivity index (χ0v) is 19.6. The minimum Gasteiger partial charge on any atom is -0.444 e. The molecule has 1 saturated heterocycles. The number of anilines is 2. The second kappa shape index (κ2) is 8.75. The zero-order chi connectivity index (χ0) is 22.1. The van der Waals surface area contributed by atoms with Crippen LogP contribution in [0, 0.1) is 5.41 Å². The van der Waals surface area contributed by atoms with Crippen LogP contribution in [-0.2, 0) is 9.47 Å². The summed E-state index contributed by atoms with van der Waals surface area (Å²) >= 11 is 6.09. The third-order valence-electron chi connectivity index (χ3n) is 5.42. The summed E-state index contributed by atoms with van der Waals surface area (Å²) in [6.07, 6.45) is 2.17. The number of morpholine rings is 1. The quantitative estimate of drug-likeness (QED) is 0.719. The number of amides is 1. The third-order valence-corrected chi connectivity index (χ3v) is 5.60. The van der Waals surface area contributed by atoms with Crippen molar-refractivity contribution in [2.75, 3.05) is 42.6 Å². The van der Waals surface area contributed by atoms with Gasteiger partial charge in [0, 0.05) is 25.7 Å². The summed E-state index contributed by atoms with van der Waals surface area (Å²) in [7, 11) is 0. The number of nitrogens with zero attached hydrogens (tertiary/aromatic N) is 4. The summed E-state index contributed by atoms with van der Waals surface area (Å²) in [5.74, 6) is 0.863. The molecule has 9 heteroatoms. The Morgan fingerprint density at radius 1 is 1.37 bits per heavy atom. The van der Waals surface area contributed by atoms with E-state index in [1.54, 1.807) is 6.20 Å². The molecule has 0 bridgehead atoms. The molecule has 3 rings (SSSR count). The number of aromatic nitrogens is 2. The molecule has 2 aliphatic rings. The molecule has 0 saturated carbocycles. The van der Waals surface area contributed by atoms with Gasteiger partial charge in [-0.2, -0.15) is 4.98 Å². The van der Waals surface area contributed by atoms with E-state index in [0.717, 1.165) is 37.6 Å². The lowest BCUT2D eigenvalue weighted by atomic mass is 9.84. The number of carbonyl (C=O) groups excluding carboxylic acids is 1. The molecule has 1 unspecified atom stereocenters. The predicted molar refractivity (Wildman–Crippen MR) is 118 cm³/mol. The van der Waals surface area contributed by atoms with Crippen molar-refractivity contribution >= 4 is 29.2 Å². The van der Waals surface area contributed by atoms with Gasteiger partial charge in [0.2, 0.25) is 5.28 Å². The molecule has 1 aromatic rings. The lowest BCUT2D eigenvalue weighted by molar-refractivity contribution is 0.0460. The predicted octanol–water partition coefficient (Wildman–Crippen LogP) is 3.48. The van der Waals surface area contributed by atoms with Gasteiger partial charge in [-0.3, -0.25) is 0 Å². The summed E-state index contributed by atoms with van der Waals surface area (Å²) in [5.41, 5.74) is 0.327. The summed E-state index contributed by atoms with van der Waals surface area (Å²) in [5, 5.41) is 3.32. The highest BCUT2D eigenvalue weighted by atomic mass is 35.5. The smallest absolute Gasteiger partial charge is 0.407 e. The maximum atomic E-state index is 12.4. The Labute approximate surface area is 184 Å². The van der Waals surface area contributed by atoms with Gasteiger partial charge in [-0.1, -0.05) is 20.8 Å². The van der Waals surface area contributed by atoms with E-state index < -0.39 is 5.60 Å². The maximum Gasteiger partial charge on any atom is 0.407 e.